The molecule has 5 atom stereocenters. The van der Waals surface area contributed by atoms with Crippen LogP contribution in [0.3, 0.4) is 0 Å². The molecule has 1 heterocycles. The highest BCUT2D eigenvalue weighted by Crippen LogP contribution is 2.67. The van der Waals surface area contributed by atoms with Gasteiger partial charge in [-0.3, -0.25) is 9.80 Å². The Bertz CT molecular complexity index is 1460. The van der Waals surface area contributed by atoms with Crippen molar-refractivity contribution in [3.63, 3.8) is 0 Å². The van der Waals surface area contributed by atoms with Gasteiger partial charge in [-0.15, -0.1) is 0 Å². The van der Waals surface area contributed by atoms with E-state index in [0.717, 1.165) is 54.8 Å². The molecule has 2 aliphatic carbocycles. The second-order valence-electron chi connectivity index (χ2n) is 14.3. The molecule has 0 bridgehead atoms. The van der Waals surface area contributed by atoms with Crippen molar-refractivity contribution in [3.8, 4) is 23.0 Å². The van der Waals surface area contributed by atoms with Crippen molar-refractivity contribution in [2.24, 2.45) is 17.3 Å². The molecule has 1 aliphatic heterocycles. The van der Waals surface area contributed by atoms with E-state index < -0.39 is 0 Å². The molecule has 3 aromatic carbocycles. The Kier molecular flexibility index (Phi) is 9.23. The van der Waals surface area contributed by atoms with Crippen LogP contribution in [0.1, 0.15) is 76.5 Å². The minimum Gasteiger partial charge on any atom is -0.497 e. The van der Waals surface area contributed by atoms with Gasteiger partial charge in [-0.05, 0) is 113 Å². The second-order valence-corrected chi connectivity index (χ2v) is 14.3. The monoisotopic (exact) mass is 610 g/mol. The van der Waals surface area contributed by atoms with Crippen LogP contribution in [0.25, 0.3) is 0 Å². The van der Waals surface area contributed by atoms with Crippen molar-refractivity contribution in [1.29, 1.82) is 0 Å². The third-order valence-corrected chi connectivity index (χ3v) is 12.1. The molecule has 0 spiro atoms. The molecule has 3 aliphatic rings. The van der Waals surface area contributed by atoms with Gasteiger partial charge in [-0.25, -0.2) is 0 Å². The maximum Gasteiger partial charge on any atom is 0.173 e. The van der Waals surface area contributed by atoms with Crippen LogP contribution in [0.15, 0.2) is 66.7 Å². The third kappa shape index (κ3) is 5.76. The lowest BCUT2D eigenvalue weighted by Gasteiger charge is -2.60. The Morgan fingerprint density at radius 3 is 2.38 bits per heavy atom. The molecule has 2 saturated carbocycles. The van der Waals surface area contributed by atoms with Crippen LogP contribution in [0.2, 0.25) is 0 Å². The SMILES string of the molecule is CCc1ccc(OC)c(Oc2cccc(OC)c2)c1C12CCN(CC3CC3)C(C)C1(C)CCC2C(C)N(C)Cc1ccccc1. The lowest BCUT2D eigenvalue weighted by atomic mass is 9.51. The van der Waals surface area contributed by atoms with Gasteiger partial charge in [0.25, 0.3) is 0 Å². The number of ether oxygens (including phenoxy) is 3. The Morgan fingerprint density at radius 1 is 0.933 bits per heavy atom. The Hall–Kier alpha value is -3.02. The van der Waals surface area contributed by atoms with Crippen molar-refractivity contribution in [2.45, 2.75) is 90.3 Å². The highest BCUT2D eigenvalue weighted by Gasteiger charge is 2.65. The Labute approximate surface area is 271 Å². The molecule has 3 fully saturated rings. The fourth-order valence-electron chi connectivity index (χ4n) is 9.20. The van der Waals surface area contributed by atoms with E-state index in [1.54, 1.807) is 14.2 Å². The maximum absolute atomic E-state index is 7.01. The number of hydrogen-bond acceptors (Lipinski definition) is 5. The first-order chi connectivity index (χ1) is 21.7. The summed E-state index contributed by atoms with van der Waals surface area (Å²) in [6, 6.07) is 24.2. The molecular weight excluding hydrogens is 556 g/mol. The molecule has 6 rings (SSSR count). The molecule has 242 valence electrons. The summed E-state index contributed by atoms with van der Waals surface area (Å²) in [4.78, 5) is 5.44. The molecule has 5 nitrogen and oxygen atoms in total. The zero-order valence-electron chi connectivity index (χ0n) is 28.6. The predicted molar refractivity (Wildman–Crippen MR) is 184 cm³/mol. The molecule has 3 aromatic rings. The number of hydrogen-bond donors (Lipinski definition) is 0. The van der Waals surface area contributed by atoms with Crippen LogP contribution in [0.5, 0.6) is 23.0 Å². The van der Waals surface area contributed by atoms with E-state index in [9.17, 15) is 0 Å². The summed E-state index contributed by atoms with van der Waals surface area (Å²) in [5, 5.41) is 0. The molecule has 45 heavy (non-hydrogen) atoms. The average Bonchev–Trinajstić information content (AvgIpc) is 3.83. The van der Waals surface area contributed by atoms with Crippen LogP contribution >= 0.6 is 0 Å². The molecule has 1 saturated heterocycles. The van der Waals surface area contributed by atoms with Gasteiger partial charge in [0.05, 0.1) is 14.2 Å². The van der Waals surface area contributed by atoms with Crippen molar-refractivity contribution < 1.29 is 14.2 Å². The zero-order chi connectivity index (χ0) is 31.8. The lowest BCUT2D eigenvalue weighted by molar-refractivity contribution is -0.0483. The van der Waals surface area contributed by atoms with Crippen molar-refractivity contribution in [1.82, 2.24) is 9.80 Å². The summed E-state index contributed by atoms with van der Waals surface area (Å²) < 4.78 is 18.7. The number of aryl methyl sites for hydroxylation is 1. The number of piperidine rings is 1. The van der Waals surface area contributed by atoms with Crippen LogP contribution in [0, 0.1) is 17.3 Å². The van der Waals surface area contributed by atoms with E-state index in [1.807, 2.05) is 24.3 Å². The fourth-order valence-corrected chi connectivity index (χ4v) is 9.20. The summed E-state index contributed by atoms with van der Waals surface area (Å²) in [5.74, 6) is 4.62. The first kappa shape index (κ1) is 31.9. The fraction of sp³-hybridized carbons (Fsp3) is 0.550. The number of nitrogens with zero attached hydrogens (tertiary/aromatic N) is 2. The number of likely N-dealkylation sites (tertiary alicyclic amines) is 1. The van der Waals surface area contributed by atoms with Crippen LogP contribution in [0.4, 0.5) is 0 Å². The summed E-state index contributed by atoms with van der Waals surface area (Å²) in [6.45, 7) is 13.2. The second kappa shape index (κ2) is 13.0. The van der Waals surface area contributed by atoms with E-state index in [0.29, 0.717) is 18.0 Å². The topological polar surface area (TPSA) is 34.2 Å². The zero-order valence-corrected chi connectivity index (χ0v) is 28.6. The van der Waals surface area contributed by atoms with Gasteiger partial charge < -0.3 is 14.2 Å². The standard InChI is InChI=1S/C40H54N2O3/c1-8-32-19-20-36(44-7)38(45-34-16-12-15-33(25-34)43-6)37(32)40-23-24-42(27-31-17-18-31)29(3)39(40,4)22-21-35(40)28(2)41(5)26-30-13-10-9-11-14-30/h9-16,19-20,25,28-29,31,35H,8,17-18,21-24,26-27H2,1-7H3. The smallest absolute Gasteiger partial charge is 0.173 e. The highest BCUT2D eigenvalue weighted by molar-refractivity contribution is 5.58. The minimum absolute atomic E-state index is 0.0785. The molecular formula is C40H54N2O3. The molecule has 0 N–H and O–H groups in total. The summed E-state index contributed by atoms with van der Waals surface area (Å²) in [5.41, 5.74) is 4.13. The lowest BCUT2D eigenvalue weighted by Crippen LogP contribution is -2.63. The van der Waals surface area contributed by atoms with Gasteiger partial charge in [-0.1, -0.05) is 56.3 Å². The van der Waals surface area contributed by atoms with E-state index in [2.05, 4.69) is 87.0 Å². The first-order valence-corrected chi connectivity index (χ1v) is 17.3. The Balaban J connectivity index is 1.51. The molecule has 5 unspecified atom stereocenters. The average molecular weight is 611 g/mol. The predicted octanol–water partition coefficient (Wildman–Crippen LogP) is 8.74. The largest absolute Gasteiger partial charge is 0.497 e. The Morgan fingerprint density at radius 2 is 1.69 bits per heavy atom. The van der Waals surface area contributed by atoms with Gasteiger partial charge in [0.2, 0.25) is 0 Å². The van der Waals surface area contributed by atoms with Crippen LogP contribution in [-0.2, 0) is 18.4 Å². The van der Waals surface area contributed by atoms with Gasteiger partial charge in [0.15, 0.2) is 11.5 Å². The minimum atomic E-state index is -0.0785. The normalized spacial score (nSPS) is 27.3. The van der Waals surface area contributed by atoms with E-state index in [-0.39, 0.29) is 10.8 Å². The van der Waals surface area contributed by atoms with Crippen LogP contribution < -0.4 is 14.2 Å². The van der Waals surface area contributed by atoms with Crippen LogP contribution in [-0.4, -0.2) is 56.2 Å². The third-order valence-electron chi connectivity index (χ3n) is 12.1. The number of rotatable bonds is 12. The van der Waals surface area contributed by atoms with Gasteiger partial charge in [-0.2, -0.15) is 0 Å². The molecule has 0 amide bonds. The quantitative estimate of drug-likeness (QED) is 0.205. The van der Waals surface area contributed by atoms with Gasteiger partial charge in [0, 0.05) is 42.2 Å². The number of fused-ring (bicyclic) bond motifs is 1. The van der Waals surface area contributed by atoms with E-state index >= 15 is 0 Å². The maximum atomic E-state index is 7.01. The van der Waals surface area contributed by atoms with Gasteiger partial charge >= 0.3 is 0 Å². The van der Waals surface area contributed by atoms with E-state index in [1.165, 1.54) is 48.9 Å². The summed E-state index contributed by atoms with van der Waals surface area (Å²) >= 11 is 0. The molecule has 0 aromatic heterocycles. The molecule has 0 radical (unpaired) electrons. The van der Waals surface area contributed by atoms with Crippen molar-refractivity contribution >= 4 is 0 Å². The van der Waals surface area contributed by atoms with Crippen molar-refractivity contribution in [3.05, 3.63) is 83.4 Å². The highest BCUT2D eigenvalue weighted by atomic mass is 16.5. The van der Waals surface area contributed by atoms with Gasteiger partial charge in [0.1, 0.15) is 11.5 Å². The van der Waals surface area contributed by atoms with E-state index in [4.69, 9.17) is 14.2 Å². The first-order valence-electron chi connectivity index (χ1n) is 17.3. The summed E-state index contributed by atoms with van der Waals surface area (Å²) in [6.07, 6.45) is 7.28. The number of methoxy groups -OCH3 is 2. The van der Waals surface area contributed by atoms with Crippen molar-refractivity contribution in [2.75, 3.05) is 34.4 Å². The number of benzene rings is 3. The molecule has 5 heteroatoms. The summed E-state index contributed by atoms with van der Waals surface area (Å²) in [7, 11) is 5.82.